The van der Waals surface area contributed by atoms with Crippen molar-refractivity contribution in [3.63, 3.8) is 0 Å². The summed E-state index contributed by atoms with van der Waals surface area (Å²) in [6.07, 6.45) is 2.66. The van der Waals surface area contributed by atoms with Crippen molar-refractivity contribution in [1.82, 2.24) is 19.7 Å². The molecule has 154 valence electrons. The summed E-state index contributed by atoms with van der Waals surface area (Å²) in [5.41, 5.74) is 1.77. The second-order valence-electron chi connectivity index (χ2n) is 6.95. The number of rotatable bonds is 6. The highest BCUT2D eigenvalue weighted by molar-refractivity contribution is 6.05. The second kappa shape index (κ2) is 8.34. The number of aromatic nitrogens is 4. The maximum absolute atomic E-state index is 13.2. The first kappa shape index (κ1) is 19.6. The Labute approximate surface area is 173 Å². The molecule has 0 radical (unpaired) electrons. The number of benzene rings is 1. The lowest BCUT2D eigenvalue weighted by molar-refractivity contribution is -0.113. The highest BCUT2D eigenvalue weighted by Crippen LogP contribution is 2.36. The molecule has 3 heterocycles. The first-order chi connectivity index (χ1) is 14.6. The third kappa shape index (κ3) is 3.87. The number of hydrogen-bond donors (Lipinski definition) is 4. The monoisotopic (exact) mass is 406 g/mol. The summed E-state index contributed by atoms with van der Waals surface area (Å²) in [4.78, 5) is 21.9. The molecule has 0 saturated carbocycles. The molecule has 9 nitrogen and oxygen atoms in total. The van der Waals surface area contributed by atoms with Gasteiger partial charge in [-0.1, -0.05) is 18.2 Å². The summed E-state index contributed by atoms with van der Waals surface area (Å²) in [7, 11) is 0. The van der Waals surface area contributed by atoms with Crippen molar-refractivity contribution in [2.24, 2.45) is 0 Å². The van der Waals surface area contributed by atoms with Gasteiger partial charge in [-0.05, 0) is 43.2 Å². The summed E-state index contributed by atoms with van der Waals surface area (Å²) < 4.78 is 1.64. The first-order valence-electron chi connectivity index (χ1n) is 9.62. The fourth-order valence-electron chi connectivity index (χ4n) is 3.46. The van der Waals surface area contributed by atoms with Gasteiger partial charge in [0.2, 0.25) is 5.95 Å². The van der Waals surface area contributed by atoms with Crippen LogP contribution in [-0.4, -0.2) is 42.5 Å². The molecule has 0 aliphatic carbocycles. The number of hydrogen-bond acceptors (Lipinski definition) is 7. The number of aryl methyl sites for hydroxylation is 1. The SMILES string of the molecule is CC1=C(C(=O)Nc2ccccn2)C(c2cccc(O)c2)n2nc(CCCO)nc2N1. The summed E-state index contributed by atoms with van der Waals surface area (Å²) in [6, 6.07) is 11.4. The lowest BCUT2D eigenvalue weighted by atomic mass is 9.95. The molecule has 4 N–H and O–H groups in total. The first-order valence-corrected chi connectivity index (χ1v) is 9.62. The van der Waals surface area contributed by atoms with Crippen LogP contribution in [0.25, 0.3) is 0 Å². The van der Waals surface area contributed by atoms with E-state index in [-0.39, 0.29) is 18.3 Å². The summed E-state index contributed by atoms with van der Waals surface area (Å²) in [5, 5.41) is 29.7. The molecule has 1 aliphatic rings. The molecule has 0 fully saturated rings. The Hall–Kier alpha value is -3.72. The normalized spacial score (nSPS) is 15.5. The predicted octanol–water partition coefficient (Wildman–Crippen LogP) is 2.23. The number of nitrogens with one attached hydrogen (secondary N) is 2. The van der Waals surface area contributed by atoms with E-state index in [1.54, 1.807) is 54.2 Å². The smallest absolute Gasteiger partial charge is 0.257 e. The average molecular weight is 406 g/mol. The van der Waals surface area contributed by atoms with Crippen LogP contribution >= 0.6 is 0 Å². The van der Waals surface area contributed by atoms with Crippen molar-refractivity contribution < 1.29 is 15.0 Å². The Morgan fingerprint density at radius 2 is 2.13 bits per heavy atom. The van der Waals surface area contributed by atoms with Crippen LogP contribution < -0.4 is 10.6 Å². The van der Waals surface area contributed by atoms with Gasteiger partial charge in [-0.25, -0.2) is 9.67 Å². The van der Waals surface area contributed by atoms with Crippen molar-refractivity contribution in [1.29, 1.82) is 0 Å². The van der Waals surface area contributed by atoms with Crippen LogP contribution in [0.4, 0.5) is 11.8 Å². The molecular formula is C21H22N6O3. The van der Waals surface area contributed by atoms with Crippen LogP contribution in [0, 0.1) is 0 Å². The number of amides is 1. The number of nitrogens with zero attached hydrogens (tertiary/aromatic N) is 4. The van der Waals surface area contributed by atoms with Gasteiger partial charge in [0.25, 0.3) is 5.91 Å². The van der Waals surface area contributed by atoms with Crippen molar-refractivity contribution in [3.8, 4) is 5.75 Å². The summed E-state index contributed by atoms with van der Waals surface area (Å²) in [5.74, 6) is 1.27. The van der Waals surface area contributed by atoms with E-state index in [9.17, 15) is 9.90 Å². The van der Waals surface area contributed by atoms with Crippen molar-refractivity contribution in [3.05, 3.63) is 71.3 Å². The van der Waals surface area contributed by atoms with E-state index in [4.69, 9.17) is 5.11 Å². The molecule has 0 spiro atoms. The molecule has 3 aromatic rings. The van der Waals surface area contributed by atoms with E-state index in [1.807, 2.05) is 6.07 Å². The van der Waals surface area contributed by atoms with Gasteiger partial charge < -0.3 is 20.8 Å². The number of carbonyl (C=O) groups excluding carboxylic acids is 1. The quantitative estimate of drug-likeness (QED) is 0.495. The highest BCUT2D eigenvalue weighted by Gasteiger charge is 2.34. The molecular weight excluding hydrogens is 384 g/mol. The maximum Gasteiger partial charge on any atom is 0.257 e. The van der Waals surface area contributed by atoms with Crippen LogP contribution in [0.5, 0.6) is 5.75 Å². The number of aliphatic hydroxyl groups excluding tert-OH is 1. The number of carbonyl (C=O) groups is 1. The molecule has 1 aliphatic heterocycles. The molecule has 1 aromatic carbocycles. The third-order valence-corrected chi connectivity index (χ3v) is 4.79. The van der Waals surface area contributed by atoms with Gasteiger partial charge in [0.05, 0.1) is 5.57 Å². The molecule has 2 aromatic heterocycles. The van der Waals surface area contributed by atoms with Gasteiger partial charge >= 0.3 is 0 Å². The van der Waals surface area contributed by atoms with Crippen LogP contribution in [0.2, 0.25) is 0 Å². The van der Waals surface area contributed by atoms with Crippen LogP contribution in [0.15, 0.2) is 59.9 Å². The molecule has 4 rings (SSSR count). The Morgan fingerprint density at radius 3 is 2.87 bits per heavy atom. The van der Waals surface area contributed by atoms with Crippen LogP contribution in [0.1, 0.15) is 30.8 Å². The largest absolute Gasteiger partial charge is 0.508 e. The standard InChI is InChI=1S/C21H22N6O3/c1-13-18(20(30)24-16-8-2-3-10-22-16)19(14-6-4-7-15(29)12-14)27-21(23-13)25-17(26-27)9-5-11-28/h2-4,6-8,10,12,19,28-29H,5,9,11H2,1H3,(H,22,24,30)(H,23,25,26). The number of phenols is 1. The lowest BCUT2D eigenvalue weighted by Crippen LogP contribution is -2.31. The number of aromatic hydroxyl groups is 1. The van der Waals surface area contributed by atoms with E-state index in [0.29, 0.717) is 47.3 Å². The van der Waals surface area contributed by atoms with Gasteiger partial charge in [0.1, 0.15) is 17.6 Å². The van der Waals surface area contributed by atoms with Gasteiger partial charge in [-0.15, -0.1) is 0 Å². The van der Waals surface area contributed by atoms with Crippen molar-refractivity contribution in [2.75, 3.05) is 17.2 Å². The minimum Gasteiger partial charge on any atom is -0.508 e. The molecule has 30 heavy (non-hydrogen) atoms. The van der Waals surface area contributed by atoms with Crippen molar-refractivity contribution >= 4 is 17.7 Å². The maximum atomic E-state index is 13.2. The fraction of sp³-hybridized carbons (Fsp3) is 0.238. The van der Waals surface area contributed by atoms with Gasteiger partial charge in [0, 0.05) is 24.9 Å². The topological polar surface area (TPSA) is 125 Å². The number of anilines is 2. The number of aliphatic hydroxyl groups is 1. The Morgan fingerprint density at radius 1 is 1.27 bits per heavy atom. The zero-order valence-electron chi connectivity index (χ0n) is 16.4. The molecule has 1 unspecified atom stereocenters. The van der Waals surface area contributed by atoms with E-state index in [0.717, 1.165) is 0 Å². The fourth-order valence-corrected chi connectivity index (χ4v) is 3.46. The Kier molecular flexibility index (Phi) is 5.44. The van der Waals surface area contributed by atoms with E-state index in [1.165, 1.54) is 0 Å². The molecule has 1 amide bonds. The average Bonchev–Trinajstić information content (AvgIpc) is 3.14. The zero-order valence-corrected chi connectivity index (χ0v) is 16.4. The van der Waals surface area contributed by atoms with Gasteiger partial charge in [0.15, 0.2) is 5.82 Å². The van der Waals surface area contributed by atoms with E-state index < -0.39 is 6.04 Å². The Bertz CT molecular complexity index is 1090. The minimum absolute atomic E-state index is 0.0439. The lowest BCUT2D eigenvalue weighted by Gasteiger charge is -2.28. The van der Waals surface area contributed by atoms with Crippen LogP contribution in [-0.2, 0) is 11.2 Å². The third-order valence-electron chi connectivity index (χ3n) is 4.79. The molecule has 0 bridgehead atoms. The molecule has 1 atom stereocenters. The molecule has 0 saturated heterocycles. The number of phenolic OH excluding ortho intramolecular Hbond substituents is 1. The molecule has 9 heteroatoms. The predicted molar refractivity (Wildman–Crippen MR) is 111 cm³/mol. The Balaban J connectivity index is 1.77. The second-order valence-corrected chi connectivity index (χ2v) is 6.95. The van der Waals surface area contributed by atoms with E-state index in [2.05, 4.69) is 25.7 Å². The summed E-state index contributed by atoms with van der Waals surface area (Å²) in [6.45, 7) is 1.84. The number of pyridine rings is 1. The van der Waals surface area contributed by atoms with Gasteiger partial charge in [-0.3, -0.25) is 4.79 Å². The van der Waals surface area contributed by atoms with Crippen molar-refractivity contribution in [2.45, 2.75) is 25.8 Å². The number of allylic oxidation sites excluding steroid dienone is 1. The summed E-state index contributed by atoms with van der Waals surface area (Å²) >= 11 is 0. The highest BCUT2D eigenvalue weighted by atomic mass is 16.3. The zero-order chi connectivity index (χ0) is 21.1. The van der Waals surface area contributed by atoms with E-state index >= 15 is 0 Å². The van der Waals surface area contributed by atoms with Gasteiger partial charge in [-0.2, -0.15) is 10.1 Å². The van der Waals surface area contributed by atoms with Crippen LogP contribution in [0.3, 0.4) is 0 Å². The minimum atomic E-state index is -0.590. The number of fused-ring (bicyclic) bond motifs is 1.